The minimum atomic E-state index is -0.848. The van der Waals surface area contributed by atoms with Crippen LogP contribution in [0.15, 0.2) is 72.8 Å². The molecule has 0 aliphatic carbocycles. The maximum atomic E-state index is 12.9. The van der Waals surface area contributed by atoms with E-state index in [2.05, 4.69) is 5.32 Å². The van der Waals surface area contributed by atoms with Crippen LogP contribution in [0.25, 0.3) is 0 Å². The molecule has 9 heteroatoms. The van der Waals surface area contributed by atoms with Gasteiger partial charge in [-0.3, -0.25) is 9.59 Å². The lowest BCUT2D eigenvalue weighted by Gasteiger charge is -2.19. The summed E-state index contributed by atoms with van der Waals surface area (Å²) in [5.41, 5.74) is 1.90. The molecule has 0 radical (unpaired) electrons. The molecule has 0 aliphatic heterocycles. The lowest BCUT2D eigenvalue weighted by Crippen LogP contribution is -2.20. The molecule has 0 bridgehead atoms. The summed E-state index contributed by atoms with van der Waals surface area (Å²) in [7, 11) is 2.50. The van der Waals surface area contributed by atoms with Crippen molar-refractivity contribution >= 4 is 29.8 Å². The Morgan fingerprint density at radius 2 is 1.55 bits per heavy atom. The molecule has 1 unspecified atom stereocenters. The fourth-order valence-corrected chi connectivity index (χ4v) is 4.35. The molecule has 0 saturated heterocycles. The fraction of sp³-hybridized carbons (Fsp3) is 0.333. The summed E-state index contributed by atoms with van der Waals surface area (Å²) < 4.78 is 21.3. The molecule has 42 heavy (non-hydrogen) atoms. The number of ether oxygens (including phenoxy) is 4. The first-order valence-electron chi connectivity index (χ1n) is 13.9. The predicted octanol–water partition coefficient (Wildman–Crippen LogP) is 5.52. The molecule has 222 valence electrons. The highest BCUT2D eigenvalue weighted by atomic mass is 16.5. The summed E-state index contributed by atoms with van der Waals surface area (Å²) in [6.07, 6.45) is 3.33. The van der Waals surface area contributed by atoms with Gasteiger partial charge in [0.1, 0.15) is 17.8 Å². The number of esters is 2. The zero-order valence-electron chi connectivity index (χ0n) is 24.0. The Hall–Kier alpha value is -4.66. The molecule has 1 amide bonds. The zero-order chi connectivity index (χ0) is 30.2. The second-order valence-corrected chi connectivity index (χ2v) is 9.53. The van der Waals surface area contributed by atoms with E-state index in [1.807, 2.05) is 54.6 Å². The van der Waals surface area contributed by atoms with Crippen molar-refractivity contribution in [3.8, 4) is 11.5 Å². The van der Waals surface area contributed by atoms with Crippen LogP contribution in [0.4, 0.5) is 5.69 Å². The number of unbranched alkanes of at least 4 members (excludes halogenated alkanes) is 1. The summed E-state index contributed by atoms with van der Waals surface area (Å²) in [5.74, 6) is -0.699. The van der Waals surface area contributed by atoms with Crippen molar-refractivity contribution in [2.45, 2.75) is 44.4 Å². The Labute approximate surface area is 246 Å². The Bertz CT molecular complexity index is 1320. The van der Waals surface area contributed by atoms with Gasteiger partial charge in [-0.05, 0) is 79.3 Å². The number of methoxy groups -OCH3 is 2. The highest BCUT2D eigenvalue weighted by molar-refractivity contribution is 5.96. The van der Waals surface area contributed by atoms with Crippen LogP contribution in [0.5, 0.6) is 11.5 Å². The van der Waals surface area contributed by atoms with Crippen molar-refractivity contribution in [1.29, 1.82) is 0 Å². The topological polar surface area (TPSA) is 117 Å². The lowest BCUT2D eigenvalue weighted by molar-refractivity contribution is -0.142. The number of aldehydes is 1. The van der Waals surface area contributed by atoms with Crippen LogP contribution in [0, 0.1) is 0 Å². The maximum Gasteiger partial charge on any atom is 0.337 e. The Balaban J connectivity index is 1.56. The molecule has 0 aliphatic rings. The number of para-hydroxylation sites is 1. The van der Waals surface area contributed by atoms with Gasteiger partial charge in [-0.1, -0.05) is 30.3 Å². The third-order valence-electron chi connectivity index (χ3n) is 6.54. The fourth-order valence-electron chi connectivity index (χ4n) is 4.35. The number of benzene rings is 3. The van der Waals surface area contributed by atoms with Gasteiger partial charge >= 0.3 is 11.9 Å². The van der Waals surface area contributed by atoms with Crippen LogP contribution in [-0.2, 0) is 30.3 Å². The van der Waals surface area contributed by atoms with Gasteiger partial charge in [-0.2, -0.15) is 0 Å². The number of nitrogens with one attached hydrogen (secondary N) is 1. The molecule has 0 saturated carbocycles. The highest BCUT2D eigenvalue weighted by Crippen LogP contribution is 2.31. The third-order valence-corrected chi connectivity index (χ3v) is 6.54. The largest absolute Gasteiger partial charge is 0.494 e. The summed E-state index contributed by atoms with van der Waals surface area (Å²) in [5, 5.41) is 2.85. The van der Waals surface area contributed by atoms with Crippen molar-refractivity contribution in [3.05, 3.63) is 89.5 Å². The number of carbonyl (C=O) groups is 4. The van der Waals surface area contributed by atoms with Crippen LogP contribution >= 0.6 is 0 Å². The van der Waals surface area contributed by atoms with Gasteiger partial charge < -0.3 is 29.1 Å². The Morgan fingerprint density at radius 3 is 2.24 bits per heavy atom. The molecule has 3 rings (SSSR count). The van der Waals surface area contributed by atoms with E-state index >= 15 is 0 Å². The molecule has 9 nitrogen and oxygen atoms in total. The lowest BCUT2D eigenvalue weighted by atomic mass is 9.91. The summed E-state index contributed by atoms with van der Waals surface area (Å²) in [4.78, 5) is 48.6. The number of anilines is 1. The average Bonchev–Trinajstić information content (AvgIpc) is 3.02. The van der Waals surface area contributed by atoms with Crippen molar-refractivity contribution in [1.82, 2.24) is 0 Å². The first-order chi connectivity index (χ1) is 20.4. The van der Waals surface area contributed by atoms with Gasteiger partial charge in [0.25, 0.3) is 0 Å². The van der Waals surface area contributed by atoms with Gasteiger partial charge in [0.2, 0.25) is 5.91 Å². The molecular formula is C33H37NO8. The Kier molecular flexibility index (Phi) is 13.1. The molecule has 1 atom stereocenters. The molecule has 0 spiro atoms. The van der Waals surface area contributed by atoms with Crippen LogP contribution in [0.2, 0.25) is 0 Å². The molecule has 1 N–H and O–H groups in total. The van der Waals surface area contributed by atoms with Crippen molar-refractivity contribution < 1.29 is 38.1 Å². The maximum absolute atomic E-state index is 12.9. The van der Waals surface area contributed by atoms with Gasteiger partial charge in [0.05, 0.1) is 38.9 Å². The van der Waals surface area contributed by atoms with E-state index in [9.17, 15) is 19.2 Å². The van der Waals surface area contributed by atoms with E-state index in [1.54, 1.807) is 6.07 Å². The van der Waals surface area contributed by atoms with E-state index in [0.717, 1.165) is 29.9 Å². The second kappa shape index (κ2) is 17.2. The van der Waals surface area contributed by atoms with Crippen LogP contribution < -0.4 is 14.8 Å². The number of aryl methyl sites for hydroxylation is 1. The molecule has 3 aromatic carbocycles. The van der Waals surface area contributed by atoms with Crippen LogP contribution in [0.3, 0.4) is 0 Å². The number of hydrogen-bond acceptors (Lipinski definition) is 8. The zero-order valence-corrected chi connectivity index (χ0v) is 24.0. The molecule has 0 aromatic heterocycles. The molecular weight excluding hydrogens is 538 g/mol. The molecule has 3 aromatic rings. The number of hydrogen-bond donors (Lipinski definition) is 1. The van der Waals surface area contributed by atoms with E-state index < -0.39 is 17.9 Å². The first kappa shape index (κ1) is 31.9. The predicted molar refractivity (Wildman–Crippen MR) is 158 cm³/mol. The average molecular weight is 576 g/mol. The van der Waals surface area contributed by atoms with E-state index in [-0.39, 0.29) is 30.7 Å². The number of amides is 1. The van der Waals surface area contributed by atoms with Gasteiger partial charge in [0, 0.05) is 18.5 Å². The van der Waals surface area contributed by atoms with Gasteiger partial charge in [0.15, 0.2) is 0 Å². The van der Waals surface area contributed by atoms with Crippen molar-refractivity contribution in [3.63, 3.8) is 0 Å². The van der Waals surface area contributed by atoms with Gasteiger partial charge in [-0.25, -0.2) is 4.79 Å². The minimum absolute atomic E-state index is 0.107. The third kappa shape index (κ3) is 10.1. The minimum Gasteiger partial charge on any atom is -0.494 e. The highest BCUT2D eigenvalue weighted by Gasteiger charge is 2.26. The van der Waals surface area contributed by atoms with Crippen molar-refractivity contribution in [2.75, 3.05) is 32.8 Å². The van der Waals surface area contributed by atoms with E-state index in [0.29, 0.717) is 37.2 Å². The molecule has 0 heterocycles. The molecule has 0 fully saturated rings. The normalized spacial score (nSPS) is 11.2. The van der Waals surface area contributed by atoms with E-state index in [4.69, 9.17) is 18.9 Å². The number of rotatable bonds is 17. The van der Waals surface area contributed by atoms with Crippen LogP contribution in [-0.4, -0.2) is 51.6 Å². The second-order valence-electron chi connectivity index (χ2n) is 9.53. The Morgan fingerprint density at radius 1 is 0.833 bits per heavy atom. The first-order valence-corrected chi connectivity index (χ1v) is 13.9. The number of carbonyl (C=O) groups excluding carboxylic acids is 4. The summed E-state index contributed by atoms with van der Waals surface area (Å²) in [6, 6.07) is 21.8. The van der Waals surface area contributed by atoms with Crippen molar-refractivity contribution in [2.24, 2.45) is 0 Å². The summed E-state index contributed by atoms with van der Waals surface area (Å²) in [6.45, 7) is 1.17. The smallest absolute Gasteiger partial charge is 0.337 e. The van der Waals surface area contributed by atoms with Crippen LogP contribution in [0.1, 0.15) is 59.5 Å². The monoisotopic (exact) mass is 575 g/mol. The summed E-state index contributed by atoms with van der Waals surface area (Å²) >= 11 is 0. The SMILES string of the molecule is COC(=O)c1ccc(NC(=O)CCc2cccc(OCCCCOc3ccccc3)c2)c(C(CCC=O)C(=O)OC)c1. The quantitative estimate of drug-likeness (QED) is 0.127. The standard InChI is InChI=1S/C33H37NO8/c1-39-32(37)25-16-17-30(29(23-25)28(14-9-19-35)33(38)40-2)34-31(36)18-15-24-10-8-13-27(22-24)42-21-7-6-20-41-26-11-4-3-5-12-26/h3-5,8,10-13,16-17,19,22-23,28H,6-7,9,14-15,18,20-21H2,1-2H3,(H,34,36). The van der Waals surface area contributed by atoms with Gasteiger partial charge in [-0.15, -0.1) is 0 Å². The van der Waals surface area contributed by atoms with E-state index in [1.165, 1.54) is 26.4 Å².